The van der Waals surface area contributed by atoms with Crippen molar-refractivity contribution in [1.29, 1.82) is 0 Å². The molecule has 0 saturated carbocycles. The van der Waals surface area contributed by atoms with Crippen molar-refractivity contribution in [2.45, 2.75) is 31.9 Å². The third kappa shape index (κ3) is 3.54. The number of amides is 1. The predicted octanol–water partition coefficient (Wildman–Crippen LogP) is 0.896. The molecule has 0 unspecified atom stereocenters. The Balaban J connectivity index is 1.90. The summed E-state index contributed by atoms with van der Waals surface area (Å²) in [5.74, 6) is -1.20. The Bertz CT molecular complexity index is 469. The maximum absolute atomic E-state index is 11.9. The summed E-state index contributed by atoms with van der Waals surface area (Å²) in [7, 11) is 0. The Kier molecular flexibility index (Phi) is 4.16. The van der Waals surface area contributed by atoms with Gasteiger partial charge in [-0.25, -0.2) is 4.79 Å². The minimum Gasteiger partial charge on any atom is -0.479 e. The van der Waals surface area contributed by atoms with Crippen molar-refractivity contribution in [2.75, 3.05) is 6.61 Å². The number of aryl methyl sites for hydroxylation is 1. The number of rotatable bonds is 4. The van der Waals surface area contributed by atoms with E-state index in [2.05, 4.69) is 5.32 Å². The Hall–Kier alpha value is -1.88. The summed E-state index contributed by atoms with van der Waals surface area (Å²) in [6.07, 6.45) is -0.137. The zero-order chi connectivity index (χ0) is 13.8. The first kappa shape index (κ1) is 13.5. The van der Waals surface area contributed by atoms with E-state index in [4.69, 9.17) is 9.84 Å². The number of aliphatic carboxylic acids is 1. The van der Waals surface area contributed by atoms with E-state index in [0.29, 0.717) is 13.0 Å². The van der Waals surface area contributed by atoms with E-state index in [1.165, 1.54) is 0 Å². The number of ether oxygens (including phenoxy) is 1. The van der Waals surface area contributed by atoms with Gasteiger partial charge in [-0.2, -0.15) is 0 Å². The van der Waals surface area contributed by atoms with E-state index in [-0.39, 0.29) is 12.3 Å². The molecule has 0 bridgehead atoms. The van der Waals surface area contributed by atoms with Crippen LogP contribution >= 0.6 is 0 Å². The number of carbonyl (C=O) groups excluding carboxylic acids is 1. The highest BCUT2D eigenvalue weighted by atomic mass is 16.5. The average molecular weight is 263 g/mol. The lowest BCUT2D eigenvalue weighted by Crippen LogP contribution is -2.44. The SMILES string of the molecule is Cc1ccc(CC(=O)N[C@@H]2CCO[C@@H]2C(=O)O)cc1. The Morgan fingerprint density at radius 3 is 2.68 bits per heavy atom. The molecule has 2 N–H and O–H groups in total. The predicted molar refractivity (Wildman–Crippen MR) is 68.8 cm³/mol. The third-order valence-electron chi connectivity index (χ3n) is 3.17. The van der Waals surface area contributed by atoms with Crippen molar-refractivity contribution in [3.05, 3.63) is 35.4 Å². The van der Waals surface area contributed by atoms with Gasteiger partial charge in [-0.15, -0.1) is 0 Å². The number of nitrogens with one attached hydrogen (secondary N) is 1. The first-order valence-corrected chi connectivity index (χ1v) is 6.25. The van der Waals surface area contributed by atoms with Crippen LogP contribution in [-0.4, -0.2) is 35.7 Å². The number of hydrogen-bond acceptors (Lipinski definition) is 3. The molecule has 19 heavy (non-hydrogen) atoms. The molecule has 5 nitrogen and oxygen atoms in total. The quantitative estimate of drug-likeness (QED) is 0.846. The highest BCUT2D eigenvalue weighted by Crippen LogP contribution is 2.14. The van der Waals surface area contributed by atoms with Gasteiger partial charge in [0.15, 0.2) is 6.10 Å². The minimum atomic E-state index is -1.03. The van der Waals surface area contributed by atoms with Crippen molar-refractivity contribution < 1.29 is 19.4 Å². The zero-order valence-corrected chi connectivity index (χ0v) is 10.8. The molecule has 1 heterocycles. The van der Waals surface area contributed by atoms with Crippen molar-refractivity contribution in [2.24, 2.45) is 0 Å². The van der Waals surface area contributed by atoms with Gasteiger partial charge < -0.3 is 15.2 Å². The molecule has 1 aliphatic heterocycles. The Morgan fingerprint density at radius 2 is 2.05 bits per heavy atom. The lowest BCUT2D eigenvalue weighted by Gasteiger charge is -2.16. The molecule has 0 radical (unpaired) electrons. The van der Waals surface area contributed by atoms with Gasteiger partial charge in [-0.05, 0) is 18.9 Å². The molecule has 1 fully saturated rings. The monoisotopic (exact) mass is 263 g/mol. The number of carboxylic acids is 1. The van der Waals surface area contributed by atoms with E-state index in [0.717, 1.165) is 11.1 Å². The molecule has 0 spiro atoms. The number of benzene rings is 1. The smallest absolute Gasteiger partial charge is 0.334 e. The molecule has 2 rings (SSSR count). The molecule has 1 amide bonds. The first-order chi connectivity index (χ1) is 9.06. The fraction of sp³-hybridized carbons (Fsp3) is 0.429. The maximum atomic E-state index is 11.9. The van der Waals surface area contributed by atoms with Crippen LogP contribution in [0.2, 0.25) is 0 Å². The average Bonchev–Trinajstić information content (AvgIpc) is 2.80. The van der Waals surface area contributed by atoms with Gasteiger partial charge in [0.05, 0.1) is 12.5 Å². The fourth-order valence-electron chi connectivity index (χ4n) is 2.13. The van der Waals surface area contributed by atoms with E-state index in [9.17, 15) is 9.59 Å². The van der Waals surface area contributed by atoms with Gasteiger partial charge in [0.25, 0.3) is 0 Å². The summed E-state index contributed by atoms with van der Waals surface area (Å²) in [6, 6.07) is 7.25. The summed E-state index contributed by atoms with van der Waals surface area (Å²) in [4.78, 5) is 22.8. The van der Waals surface area contributed by atoms with Gasteiger partial charge in [0, 0.05) is 6.61 Å². The van der Waals surface area contributed by atoms with Crippen LogP contribution in [0.15, 0.2) is 24.3 Å². The molecule has 0 aromatic heterocycles. The molecule has 5 heteroatoms. The van der Waals surface area contributed by atoms with Crippen LogP contribution in [0.1, 0.15) is 17.5 Å². The van der Waals surface area contributed by atoms with Crippen LogP contribution in [0.3, 0.4) is 0 Å². The van der Waals surface area contributed by atoms with Crippen LogP contribution < -0.4 is 5.32 Å². The molecule has 0 aliphatic carbocycles. The largest absolute Gasteiger partial charge is 0.479 e. The number of carboxylic acid groups (broad SMARTS) is 1. The Morgan fingerprint density at radius 1 is 1.37 bits per heavy atom. The molecule has 1 saturated heterocycles. The molecule has 1 aromatic rings. The van der Waals surface area contributed by atoms with E-state index in [1.807, 2.05) is 31.2 Å². The van der Waals surface area contributed by atoms with Crippen molar-refractivity contribution in [3.63, 3.8) is 0 Å². The van der Waals surface area contributed by atoms with Gasteiger partial charge in [-0.1, -0.05) is 29.8 Å². The van der Waals surface area contributed by atoms with E-state index < -0.39 is 18.1 Å². The summed E-state index contributed by atoms with van der Waals surface area (Å²) in [5, 5.41) is 11.7. The molecular formula is C14H17NO4. The van der Waals surface area contributed by atoms with Crippen molar-refractivity contribution in [3.8, 4) is 0 Å². The van der Waals surface area contributed by atoms with Crippen LogP contribution in [0.5, 0.6) is 0 Å². The molecule has 1 aliphatic rings. The summed E-state index contributed by atoms with van der Waals surface area (Å²) in [5.41, 5.74) is 2.05. The fourth-order valence-corrected chi connectivity index (χ4v) is 2.13. The van der Waals surface area contributed by atoms with Crippen LogP contribution in [0.4, 0.5) is 0 Å². The summed E-state index contributed by atoms with van der Waals surface area (Å²) >= 11 is 0. The van der Waals surface area contributed by atoms with Crippen LogP contribution in [0, 0.1) is 6.92 Å². The highest BCUT2D eigenvalue weighted by molar-refractivity contribution is 5.81. The van der Waals surface area contributed by atoms with Crippen LogP contribution in [0.25, 0.3) is 0 Å². The van der Waals surface area contributed by atoms with Crippen molar-refractivity contribution in [1.82, 2.24) is 5.32 Å². The van der Waals surface area contributed by atoms with Gasteiger partial charge in [-0.3, -0.25) is 4.79 Å². The third-order valence-corrected chi connectivity index (χ3v) is 3.17. The number of hydrogen-bond donors (Lipinski definition) is 2. The minimum absolute atomic E-state index is 0.175. The van der Waals surface area contributed by atoms with Gasteiger partial charge >= 0.3 is 5.97 Å². The number of carbonyl (C=O) groups is 2. The molecule has 102 valence electrons. The maximum Gasteiger partial charge on any atom is 0.334 e. The topological polar surface area (TPSA) is 75.6 Å². The highest BCUT2D eigenvalue weighted by Gasteiger charge is 2.34. The zero-order valence-electron chi connectivity index (χ0n) is 10.8. The summed E-state index contributed by atoms with van der Waals surface area (Å²) < 4.78 is 5.08. The van der Waals surface area contributed by atoms with Gasteiger partial charge in [0.2, 0.25) is 5.91 Å². The van der Waals surface area contributed by atoms with Crippen molar-refractivity contribution >= 4 is 11.9 Å². The normalized spacial score (nSPS) is 22.2. The molecular weight excluding hydrogens is 246 g/mol. The molecule has 2 atom stereocenters. The molecule has 1 aromatic carbocycles. The lowest BCUT2D eigenvalue weighted by molar-refractivity contribution is -0.148. The second-order valence-electron chi connectivity index (χ2n) is 4.75. The van der Waals surface area contributed by atoms with Crippen LogP contribution in [-0.2, 0) is 20.7 Å². The second kappa shape index (κ2) is 5.84. The summed E-state index contributed by atoms with van der Waals surface area (Å²) in [6.45, 7) is 2.35. The van der Waals surface area contributed by atoms with E-state index in [1.54, 1.807) is 0 Å². The first-order valence-electron chi connectivity index (χ1n) is 6.25. The standard InChI is InChI=1S/C14H17NO4/c1-9-2-4-10(5-3-9)8-12(16)15-11-6-7-19-13(11)14(17)18/h2-5,11,13H,6-8H2,1H3,(H,15,16)(H,17,18)/t11-,13+/m1/s1. The lowest BCUT2D eigenvalue weighted by atomic mass is 10.1. The van der Waals surface area contributed by atoms with Gasteiger partial charge in [0.1, 0.15) is 0 Å². The van der Waals surface area contributed by atoms with E-state index >= 15 is 0 Å². The Labute approximate surface area is 111 Å². The second-order valence-corrected chi connectivity index (χ2v) is 4.75.